The average molecular weight is 697 g/mol. The lowest BCUT2D eigenvalue weighted by atomic mass is 9.85. The molecule has 0 spiro atoms. The molecule has 2 heterocycles. The van der Waals surface area contributed by atoms with Crippen molar-refractivity contribution in [2.24, 2.45) is 0 Å². The highest BCUT2D eigenvalue weighted by atomic mass is 28.3. The summed E-state index contributed by atoms with van der Waals surface area (Å²) in [4.78, 5) is 36.9. The van der Waals surface area contributed by atoms with E-state index in [1.54, 1.807) is 48.2 Å². The molecule has 0 bridgehead atoms. The number of ether oxygens (including phenoxy) is 6. The molecule has 266 valence electrons. The fourth-order valence-electron chi connectivity index (χ4n) is 5.20. The highest BCUT2D eigenvalue weighted by molar-refractivity contribution is 6.77. The van der Waals surface area contributed by atoms with E-state index in [9.17, 15) is 14.7 Å². The van der Waals surface area contributed by atoms with Crippen molar-refractivity contribution in [2.45, 2.75) is 78.2 Å². The van der Waals surface area contributed by atoms with Gasteiger partial charge in [0.15, 0.2) is 18.1 Å². The molecule has 0 saturated heterocycles. The van der Waals surface area contributed by atoms with Gasteiger partial charge in [-0.3, -0.25) is 0 Å². The van der Waals surface area contributed by atoms with Crippen molar-refractivity contribution in [2.75, 3.05) is 33.9 Å². The number of hydrogen-bond donors (Lipinski definition) is 1. The summed E-state index contributed by atoms with van der Waals surface area (Å²) in [6, 6.07) is 10.4. The van der Waals surface area contributed by atoms with Crippen LogP contribution >= 0.6 is 0 Å². The number of benzene rings is 2. The number of unbranched alkanes of at least 4 members (excludes halogenated alkanes) is 1. The number of esters is 1. The van der Waals surface area contributed by atoms with Gasteiger partial charge in [-0.2, -0.15) is 4.73 Å². The molecule has 13 heteroatoms. The van der Waals surface area contributed by atoms with Crippen molar-refractivity contribution >= 4 is 25.6 Å². The normalized spacial score (nSPS) is 14.1. The number of aryl methyl sites for hydroxylation is 1. The van der Waals surface area contributed by atoms with Crippen LogP contribution in [-0.2, 0) is 25.5 Å². The Balaban J connectivity index is 1.97. The monoisotopic (exact) mass is 696 g/mol. The fraction of sp³-hybridized carbons (Fsp3) is 0.472. The molecule has 0 fully saturated rings. The van der Waals surface area contributed by atoms with Gasteiger partial charge >= 0.3 is 11.9 Å². The molecule has 3 aromatic rings. The van der Waals surface area contributed by atoms with Crippen LogP contribution in [0.15, 0.2) is 48.2 Å². The number of nitrogens with zero attached hydrogens (tertiary/aromatic N) is 2. The summed E-state index contributed by atoms with van der Waals surface area (Å²) in [6.07, 6.45) is 3.94. The molecule has 2 atom stereocenters. The standard InChI is InChI=1S/C36H48N2O10Si/c1-9-11-12-32-37-19-28(38(32)48-22-45-24(4)49(6,7)8)35(27-15-14-26(42-5)18-30(27)44-20-33(39)43-10-2)34(36(40)41)23(3)25-13-16-29-31(17-25)47-21-46-29/h13-19,23-24H,9-12,20-22H2,1-8H3,(H,40,41). The number of aliphatic carboxylic acids is 1. The number of rotatable bonds is 18. The zero-order valence-corrected chi connectivity index (χ0v) is 30.7. The molecular weight excluding hydrogens is 648 g/mol. The summed E-state index contributed by atoms with van der Waals surface area (Å²) in [5.74, 6) is -0.0231. The zero-order valence-electron chi connectivity index (χ0n) is 29.7. The van der Waals surface area contributed by atoms with Crippen LogP contribution in [0, 0.1) is 0 Å². The lowest BCUT2D eigenvalue weighted by Gasteiger charge is -2.26. The Hall–Kier alpha value is -4.49. The highest BCUT2D eigenvalue weighted by Gasteiger charge is 2.31. The topological polar surface area (TPSA) is 137 Å². The van der Waals surface area contributed by atoms with Crippen LogP contribution in [0.3, 0.4) is 0 Å². The number of hydrogen-bond acceptors (Lipinski definition) is 10. The van der Waals surface area contributed by atoms with Crippen molar-refractivity contribution < 1.29 is 48.0 Å². The van der Waals surface area contributed by atoms with Gasteiger partial charge in [-0.05, 0) is 50.1 Å². The van der Waals surface area contributed by atoms with Crippen LogP contribution in [-0.4, -0.2) is 74.5 Å². The van der Waals surface area contributed by atoms with Gasteiger partial charge in [-0.25, -0.2) is 14.6 Å². The second-order valence-electron chi connectivity index (χ2n) is 12.8. The first-order chi connectivity index (χ1) is 23.4. The molecular formula is C36H48N2O10Si. The van der Waals surface area contributed by atoms with Crippen molar-refractivity contribution in [3.8, 4) is 23.0 Å². The first-order valence-corrected chi connectivity index (χ1v) is 20.1. The van der Waals surface area contributed by atoms with E-state index in [-0.39, 0.29) is 42.8 Å². The van der Waals surface area contributed by atoms with Crippen molar-refractivity contribution in [1.29, 1.82) is 0 Å². The van der Waals surface area contributed by atoms with E-state index >= 15 is 0 Å². The second-order valence-corrected chi connectivity index (χ2v) is 18.3. The Morgan fingerprint density at radius 2 is 1.82 bits per heavy atom. The third kappa shape index (κ3) is 9.15. The van der Waals surface area contributed by atoms with Gasteiger partial charge in [0.1, 0.15) is 23.0 Å². The largest absolute Gasteiger partial charge is 0.497 e. The predicted molar refractivity (Wildman–Crippen MR) is 186 cm³/mol. The summed E-state index contributed by atoms with van der Waals surface area (Å²) >= 11 is 0. The molecule has 0 aliphatic carbocycles. The Labute approximate surface area is 288 Å². The molecule has 49 heavy (non-hydrogen) atoms. The number of carbonyl (C=O) groups is 2. The fourth-order valence-corrected chi connectivity index (χ4v) is 5.77. The van der Waals surface area contributed by atoms with Crippen LogP contribution in [0.1, 0.15) is 69.1 Å². The summed E-state index contributed by atoms with van der Waals surface area (Å²) in [5, 5.41) is 11.0. The first kappa shape index (κ1) is 37.3. The van der Waals surface area contributed by atoms with E-state index in [2.05, 4.69) is 26.6 Å². The quantitative estimate of drug-likeness (QED) is 0.0698. The van der Waals surface area contributed by atoms with Crippen molar-refractivity contribution in [3.05, 3.63) is 70.8 Å². The van der Waals surface area contributed by atoms with Gasteiger partial charge in [0.25, 0.3) is 0 Å². The van der Waals surface area contributed by atoms with Gasteiger partial charge in [0.2, 0.25) is 13.6 Å². The molecule has 2 unspecified atom stereocenters. The minimum absolute atomic E-state index is 0.00125. The van der Waals surface area contributed by atoms with E-state index in [0.29, 0.717) is 46.3 Å². The minimum Gasteiger partial charge on any atom is -0.497 e. The summed E-state index contributed by atoms with van der Waals surface area (Å²) < 4.78 is 35.4. The third-order valence-electron chi connectivity index (χ3n) is 8.46. The number of methoxy groups -OCH3 is 1. The van der Waals surface area contributed by atoms with E-state index in [1.165, 1.54) is 7.11 Å². The van der Waals surface area contributed by atoms with Crippen LogP contribution in [0.4, 0.5) is 0 Å². The van der Waals surface area contributed by atoms with Crippen molar-refractivity contribution in [3.63, 3.8) is 0 Å². The maximum Gasteiger partial charge on any atom is 0.344 e. The minimum atomic E-state index is -1.64. The maximum absolute atomic E-state index is 13.5. The van der Waals surface area contributed by atoms with Gasteiger partial charge in [0.05, 0.1) is 33.6 Å². The number of imidazole rings is 1. The molecule has 12 nitrogen and oxygen atoms in total. The molecule has 0 saturated carbocycles. The van der Waals surface area contributed by atoms with E-state index in [4.69, 9.17) is 38.2 Å². The first-order valence-electron chi connectivity index (χ1n) is 16.5. The molecule has 4 rings (SSSR count). The van der Waals surface area contributed by atoms with Gasteiger partial charge < -0.3 is 38.4 Å². The Bertz CT molecular complexity index is 1640. The third-order valence-corrected chi connectivity index (χ3v) is 11.1. The van der Waals surface area contributed by atoms with Crippen LogP contribution < -0.4 is 23.8 Å². The van der Waals surface area contributed by atoms with Gasteiger partial charge in [-0.1, -0.05) is 46.0 Å². The SMILES string of the molecule is CCCCc1ncc(C(=C(C(=O)O)C(C)c2ccc3c(c2)OCO3)c2ccc(OC)cc2OCC(=O)OCC)n1OCOC(C)[Si](C)(C)C. The van der Waals surface area contributed by atoms with Gasteiger partial charge in [-0.15, -0.1) is 0 Å². The number of fused-ring (bicyclic) bond motifs is 1. The van der Waals surface area contributed by atoms with E-state index in [0.717, 1.165) is 12.8 Å². The molecule has 0 amide bonds. The predicted octanol–water partition coefficient (Wildman–Crippen LogP) is 6.26. The summed E-state index contributed by atoms with van der Waals surface area (Å²) in [7, 11) is -0.129. The maximum atomic E-state index is 13.5. The van der Waals surface area contributed by atoms with Crippen LogP contribution in [0.25, 0.3) is 5.57 Å². The zero-order chi connectivity index (χ0) is 35.7. The number of carboxylic acid groups (broad SMARTS) is 1. The van der Waals surface area contributed by atoms with Crippen molar-refractivity contribution in [1.82, 2.24) is 9.71 Å². The lowest BCUT2D eigenvalue weighted by Crippen LogP contribution is -2.39. The Morgan fingerprint density at radius 3 is 2.49 bits per heavy atom. The van der Waals surface area contributed by atoms with E-state index in [1.807, 2.05) is 19.9 Å². The molecule has 2 aromatic carbocycles. The highest BCUT2D eigenvalue weighted by Crippen LogP contribution is 2.42. The number of carboxylic acids is 1. The smallest absolute Gasteiger partial charge is 0.344 e. The van der Waals surface area contributed by atoms with Crippen LogP contribution in [0.5, 0.6) is 23.0 Å². The van der Waals surface area contributed by atoms with E-state index < -0.39 is 32.5 Å². The Kier molecular flexibility index (Phi) is 12.8. The molecule has 1 aliphatic heterocycles. The second kappa shape index (κ2) is 16.7. The summed E-state index contributed by atoms with van der Waals surface area (Å²) in [6.45, 7) is 14.1. The molecule has 1 aliphatic rings. The van der Waals surface area contributed by atoms with Crippen LogP contribution in [0.2, 0.25) is 19.6 Å². The number of aromatic nitrogens is 2. The van der Waals surface area contributed by atoms with Gasteiger partial charge in [0, 0.05) is 35.3 Å². The Morgan fingerprint density at radius 1 is 1.06 bits per heavy atom. The lowest BCUT2D eigenvalue weighted by molar-refractivity contribution is -0.145. The average Bonchev–Trinajstić information content (AvgIpc) is 3.71. The molecule has 1 aromatic heterocycles. The molecule has 1 N–H and O–H groups in total. The number of carbonyl (C=O) groups excluding carboxylic acids is 1. The molecule has 0 radical (unpaired) electrons. The summed E-state index contributed by atoms with van der Waals surface area (Å²) in [5.41, 5.74) is 1.77.